The van der Waals surface area contributed by atoms with Crippen LogP contribution in [-0.4, -0.2) is 26.9 Å². The van der Waals surface area contributed by atoms with Crippen molar-refractivity contribution in [3.05, 3.63) is 34.7 Å². The van der Waals surface area contributed by atoms with Crippen LogP contribution in [-0.2, 0) is 12.8 Å². The molecular formula is C21H25ClN4O. The summed E-state index contributed by atoms with van der Waals surface area (Å²) in [6, 6.07) is 6.21. The Bertz CT molecular complexity index is 978. The lowest BCUT2D eigenvalue weighted by Crippen LogP contribution is -2.04. The smallest absolute Gasteiger partial charge is 0.122 e. The Kier molecular flexibility index (Phi) is 5.04. The van der Waals surface area contributed by atoms with E-state index in [1.165, 1.54) is 12.8 Å². The van der Waals surface area contributed by atoms with Crippen molar-refractivity contribution in [2.24, 2.45) is 0 Å². The lowest BCUT2D eigenvalue weighted by Gasteiger charge is -2.11. The highest BCUT2D eigenvalue weighted by Crippen LogP contribution is 2.42. The highest BCUT2D eigenvalue weighted by Gasteiger charge is 2.30. The van der Waals surface area contributed by atoms with Crippen LogP contribution in [0.2, 0.25) is 5.02 Å². The van der Waals surface area contributed by atoms with E-state index in [9.17, 15) is 0 Å². The zero-order chi connectivity index (χ0) is 19.0. The minimum absolute atomic E-state index is 0.550. The Morgan fingerprint density at radius 1 is 1.22 bits per heavy atom. The Morgan fingerprint density at radius 3 is 2.67 bits per heavy atom. The fourth-order valence-corrected chi connectivity index (χ4v) is 3.87. The normalized spacial score (nSPS) is 14.1. The molecule has 27 heavy (non-hydrogen) atoms. The average molecular weight is 385 g/mol. The lowest BCUT2D eigenvalue weighted by molar-refractivity contribution is 0.415. The zero-order valence-corrected chi connectivity index (χ0v) is 16.9. The summed E-state index contributed by atoms with van der Waals surface area (Å²) >= 11 is 6.54. The summed E-state index contributed by atoms with van der Waals surface area (Å²) in [4.78, 5) is 4.99. The fraction of sp³-hybridized carbons (Fsp3) is 0.476. The van der Waals surface area contributed by atoms with Gasteiger partial charge in [0.25, 0.3) is 0 Å². The predicted molar refractivity (Wildman–Crippen MR) is 109 cm³/mol. The van der Waals surface area contributed by atoms with E-state index in [2.05, 4.69) is 28.6 Å². The van der Waals surface area contributed by atoms with Crippen LogP contribution < -0.4 is 4.74 Å². The van der Waals surface area contributed by atoms with Gasteiger partial charge in [0.15, 0.2) is 0 Å². The number of benzene rings is 1. The molecule has 1 aliphatic rings. The number of nitrogens with zero attached hydrogens (tertiary/aromatic N) is 4. The first-order chi connectivity index (χ1) is 13.2. The van der Waals surface area contributed by atoms with Crippen molar-refractivity contribution in [3.63, 3.8) is 0 Å². The van der Waals surface area contributed by atoms with Gasteiger partial charge in [0.2, 0.25) is 0 Å². The second kappa shape index (κ2) is 7.47. The fourth-order valence-electron chi connectivity index (χ4n) is 3.61. The molecule has 5 nitrogen and oxygen atoms in total. The van der Waals surface area contributed by atoms with Crippen LogP contribution in [0.5, 0.6) is 5.75 Å². The molecule has 1 fully saturated rings. The summed E-state index contributed by atoms with van der Waals surface area (Å²) in [6.07, 6.45) is 6.49. The van der Waals surface area contributed by atoms with Crippen molar-refractivity contribution >= 4 is 22.6 Å². The molecule has 1 aromatic carbocycles. The van der Waals surface area contributed by atoms with Crippen molar-refractivity contribution in [2.45, 2.75) is 58.4 Å². The molecule has 142 valence electrons. The van der Waals surface area contributed by atoms with Crippen LogP contribution in [0.1, 0.15) is 57.1 Å². The Morgan fingerprint density at radius 2 is 2.04 bits per heavy atom. The van der Waals surface area contributed by atoms with Gasteiger partial charge in [-0.15, -0.1) is 5.10 Å². The van der Waals surface area contributed by atoms with Crippen molar-refractivity contribution in [2.75, 3.05) is 7.11 Å². The third-order valence-electron chi connectivity index (χ3n) is 5.18. The molecule has 0 saturated heterocycles. The number of hydrogen-bond acceptors (Lipinski definition) is 4. The standard InChI is InChI=1S/C21H25ClN4O/c1-4-6-7-17-21-20(23-18(5-2)26(21)13-8-9-13)19(25-24-17)15-11-10-14(27-3)12-16(15)22/h10-13H,4-9H2,1-3H3. The van der Waals surface area contributed by atoms with Crippen LogP contribution in [0.15, 0.2) is 18.2 Å². The molecule has 0 N–H and O–H groups in total. The molecule has 1 saturated carbocycles. The van der Waals surface area contributed by atoms with Crippen LogP contribution in [0.25, 0.3) is 22.3 Å². The number of imidazole rings is 1. The Hall–Kier alpha value is -2.14. The highest BCUT2D eigenvalue weighted by atomic mass is 35.5. The Labute approximate surface area is 164 Å². The molecule has 3 aromatic rings. The first-order valence-corrected chi connectivity index (χ1v) is 10.2. The third-order valence-corrected chi connectivity index (χ3v) is 5.49. The topological polar surface area (TPSA) is 52.8 Å². The van der Waals surface area contributed by atoms with Gasteiger partial charge >= 0.3 is 0 Å². The van der Waals surface area contributed by atoms with E-state index in [1.807, 2.05) is 18.2 Å². The molecule has 0 spiro atoms. The van der Waals surface area contributed by atoms with Gasteiger partial charge in [-0.05, 0) is 43.9 Å². The van der Waals surface area contributed by atoms with Crippen molar-refractivity contribution < 1.29 is 4.74 Å². The number of aromatic nitrogens is 4. The first kappa shape index (κ1) is 18.2. The van der Waals surface area contributed by atoms with E-state index in [4.69, 9.17) is 21.3 Å². The third kappa shape index (κ3) is 3.29. The number of hydrogen-bond donors (Lipinski definition) is 0. The van der Waals surface area contributed by atoms with Crippen molar-refractivity contribution in [1.29, 1.82) is 0 Å². The van der Waals surface area contributed by atoms with Gasteiger partial charge in [-0.1, -0.05) is 31.9 Å². The quantitative estimate of drug-likeness (QED) is 0.547. The van der Waals surface area contributed by atoms with E-state index in [0.29, 0.717) is 11.1 Å². The maximum absolute atomic E-state index is 6.54. The summed E-state index contributed by atoms with van der Waals surface area (Å²) in [7, 11) is 1.64. The zero-order valence-electron chi connectivity index (χ0n) is 16.1. The van der Waals surface area contributed by atoms with E-state index < -0.39 is 0 Å². The molecule has 0 bridgehead atoms. The van der Waals surface area contributed by atoms with Gasteiger partial charge in [0, 0.05) is 18.0 Å². The number of aryl methyl sites for hydroxylation is 2. The van der Waals surface area contributed by atoms with E-state index in [0.717, 1.165) is 65.2 Å². The maximum atomic E-state index is 6.54. The van der Waals surface area contributed by atoms with Gasteiger partial charge in [-0.3, -0.25) is 0 Å². The summed E-state index contributed by atoms with van der Waals surface area (Å²) in [6.45, 7) is 4.36. The van der Waals surface area contributed by atoms with E-state index >= 15 is 0 Å². The van der Waals surface area contributed by atoms with Crippen LogP contribution in [0.4, 0.5) is 0 Å². The molecule has 0 radical (unpaired) electrons. The highest BCUT2D eigenvalue weighted by molar-refractivity contribution is 6.33. The maximum Gasteiger partial charge on any atom is 0.122 e. The molecule has 2 heterocycles. The van der Waals surface area contributed by atoms with E-state index in [-0.39, 0.29) is 0 Å². The monoisotopic (exact) mass is 384 g/mol. The van der Waals surface area contributed by atoms with Gasteiger partial charge < -0.3 is 9.30 Å². The first-order valence-electron chi connectivity index (χ1n) is 9.78. The largest absolute Gasteiger partial charge is 0.497 e. The van der Waals surface area contributed by atoms with Gasteiger partial charge in [0.1, 0.15) is 22.8 Å². The number of unbranched alkanes of at least 4 members (excludes halogenated alkanes) is 1. The predicted octanol–water partition coefficient (Wildman–Crippen LogP) is 5.40. The molecule has 6 heteroatoms. The molecule has 0 atom stereocenters. The molecule has 0 aliphatic heterocycles. The van der Waals surface area contributed by atoms with Crippen molar-refractivity contribution in [3.8, 4) is 17.0 Å². The van der Waals surface area contributed by atoms with Crippen LogP contribution >= 0.6 is 11.6 Å². The van der Waals surface area contributed by atoms with Gasteiger partial charge in [-0.25, -0.2) is 4.98 Å². The number of halogens is 1. The number of fused-ring (bicyclic) bond motifs is 1. The summed E-state index contributed by atoms with van der Waals surface area (Å²) in [5.41, 5.74) is 4.73. The second-order valence-electron chi connectivity index (χ2n) is 7.12. The van der Waals surface area contributed by atoms with Gasteiger partial charge in [-0.2, -0.15) is 5.10 Å². The number of methoxy groups -OCH3 is 1. The van der Waals surface area contributed by atoms with E-state index in [1.54, 1.807) is 7.11 Å². The molecule has 4 rings (SSSR count). The molecule has 1 aliphatic carbocycles. The lowest BCUT2D eigenvalue weighted by atomic mass is 10.1. The number of ether oxygens (including phenoxy) is 1. The molecule has 2 aromatic heterocycles. The van der Waals surface area contributed by atoms with Crippen molar-refractivity contribution in [1.82, 2.24) is 19.7 Å². The van der Waals surface area contributed by atoms with Gasteiger partial charge in [0.05, 0.1) is 23.3 Å². The van der Waals surface area contributed by atoms with Crippen LogP contribution in [0, 0.1) is 0 Å². The molecule has 0 amide bonds. The number of rotatable bonds is 7. The summed E-state index contributed by atoms with van der Waals surface area (Å²) in [5, 5.41) is 9.79. The SMILES string of the molecule is CCCCc1nnc(-c2ccc(OC)cc2Cl)c2nc(CC)n(C3CC3)c12. The average Bonchev–Trinajstić information content (AvgIpc) is 3.45. The Balaban J connectivity index is 1.95. The minimum Gasteiger partial charge on any atom is -0.497 e. The molecule has 0 unspecified atom stereocenters. The molecular weight excluding hydrogens is 360 g/mol. The summed E-state index contributed by atoms with van der Waals surface area (Å²) in [5.74, 6) is 1.84. The second-order valence-corrected chi connectivity index (χ2v) is 7.53. The van der Waals surface area contributed by atoms with Crippen LogP contribution in [0.3, 0.4) is 0 Å². The summed E-state index contributed by atoms with van der Waals surface area (Å²) < 4.78 is 7.69. The minimum atomic E-state index is 0.550.